The zero-order valence-electron chi connectivity index (χ0n) is 21.9. The molecule has 0 aliphatic carbocycles. The number of anilines is 1. The largest absolute Gasteiger partial charge is 0.361 e. The number of nitrogens with zero attached hydrogens (tertiary/aromatic N) is 5. The summed E-state index contributed by atoms with van der Waals surface area (Å²) in [5.74, 6) is 0.472. The van der Waals surface area contributed by atoms with E-state index in [1.165, 1.54) is 15.9 Å². The second-order valence-electron chi connectivity index (χ2n) is 11.2. The summed E-state index contributed by atoms with van der Waals surface area (Å²) in [5.41, 5.74) is 4.39. The topological polar surface area (TPSA) is 65.2 Å². The maximum absolute atomic E-state index is 14.6. The standard InChI is InChI=1S/C26H33ClFN5O2SSi/c1-16-8-9-32(13-19(16)28)26-30-24-21(25(34)31(26)2)18(12-33(24)15-35-10-11-37(3,4)5)17-6-7-20-23(22(17)27)36-14-29-20/h6-7,12,14,16,19H,8-11,13,15H2,1-5H3/t16-,19+/m0/s1. The van der Waals surface area contributed by atoms with E-state index in [1.807, 2.05) is 34.7 Å². The highest BCUT2D eigenvalue weighted by Crippen LogP contribution is 2.39. The Labute approximate surface area is 225 Å². The highest BCUT2D eigenvalue weighted by molar-refractivity contribution is 7.17. The Morgan fingerprint density at radius 1 is 1.27 bits per heavy atom. The van der Waals surface area contributed by atoms with E-state index in [1.54, 1.807) is 12.6 Å². The maximum atomic E-state index is 14.6. The molecule has 11 heteroatoms. The van der Waals surface area contributed by atoms with Gasteiger partial charge in [0.15, 0.2) is 5.65 Å². The Bertz CT molecular complexity index is 1510. The van der Waals surface area contributed by atoms with Crippen LogP contribution in [0.1, 0.15) is 13.3 Å². The summed E-state index contributed by atoms with van der Waals surface area (Å²) < 4.78 is 25.0. The first-order valence-corrected chi connectivity index (χ1v) is 17.6. The van der Waals surface area contributed by atoms with Gasteiger partial charge in [0.1, 0.15) is 12.9 Å². The van der Waals surface area contributed by atoms with Crippen molar-refractivity contribution in [3.63, 3.8) is 0 Å². The lowest BCUT2D eigenvalue weighted by Crippen LogP contribution is -2.43. The lowest BCUT2D eigenvalue weighted by Gasteiger charge is -2.34. The molecule has 0 spiro atoms. The van der Waals surface area contributed by atoms with Crippen molar-refractivity contribution in [3.8, 4) is 11.1 Å². The molecule has 0 saturated carbocycles. The van der Waals surface area contributed by atoms with Crippen LogP contribution in [0.25, 0.3) is 32.4 Å². The second-order valence-corrected chi connectivity index (χ2v) is 18.0. The Morgan fingerprint density at radius 2 is 2.05 bits per heavy atom. The number of thiazole rings is 1. The molecular formula is C26H33ClFN5O2SSi. The summed E-state index contributed by atoms with van der Waals surface area (Å²) in [7, 11) is 0.452. The van der Waals surface area contributed by atoms with Crippen molar-refractivity contribution < 1.29 is 9.13 Å². The fraction of sp³-hybridized carbons (Fsp3) is 0.500. The SMILES string of the molecule is C[C@H]1CCN(c2nc3c(c(-c4ccc5ncsc5c4Cl)cn3COCC[Si](C)(C)C)c(=O)n2C)C[C@H]1F. The Balaban J connectivity index is 1.63. The molecule has 2 atom stereocenters. The summed E-state index contributed by atoms with van der Waals surface area (Å²) >= 11 is 8.31. The fourth-order valence-electron chi connectivity index (χ4n) is 4.74. The average molecular weight is 562 g/mol. The van der Waals surface area contributed by atoms with Crippen LogP contribution in [-0.4, -0.2) is 53.0 Å². The van der Waals surface area contributed by atoms with Crippen LogP contribution in [0.5, 0.6) is 0 Å². The summed E-state index contributed by atoms with van der Waals surface area (Å²) in [6, 6.07) is 4.86. The van der Waals surface area contributed by atoms with Gasteiger partial charge in [-0.15, -0.1) is 11.3 Å². The molecule has 1 saturated heterocycles. The molecule has 198 valence electrons. The molecule has 37 heavy (non-hydrogen) atoms. The molecule has 4 aromatic rings. The minimum atomic E-state index is -1.25. The zero-order valence-corrected chi connectivity index (χ0v) is 24.5. The van der Waals surface area contributed by atoms with Gasteiger partial charge in [-0.2, -0.15) is 4.98 Å². The van der Waals surface area contributed by atoms with Gasteiger partial charge in [0, 0.05) is 45.6 Å². The molecule has 0 N–H and O–H groups in total. The van der Waals surface area contributed by atoms with Gasteiger partial charge in [0.2, 0.25) is 5.95 Å². The van der Waals surface area contributed by atoms with Gasteiger partial charge in [-0.3, -0.25) is 9.36 Å². The predicted octanol–water partition coefficient (Wildman–Crippen LogP) is 6.16. The highest BCUT2D eigenvalue weighted by atomic mass is 35.5. The highest BCUT2D eigenvalue weighted by Gasteiger charge is 2.29. The van der Waals surface area contributed by atoms with Gasteiger partial charge in [-0.25, -0.2) is 9.37 Å². The van der Waals surface area contributed by atoms with Crippen molar-refractivity contribution in [2.75, 3.05) is 24.6 Å². The normalized spacial score (nSPS) is 18.8. The van der Waals surface area contributed by atoms with Crippen LogP contribution in [0.2, 0.25) is 30.7 Å². The van der Waals surface area contributed by atoms with Crippen LogP contribution < -0.4 is 10.5 Å². The molecule has 0 radical (unpaired) electrons. The third-order valence-electron chi connectivity index (χ3n) is 7.18. The molecule has 7 nitrogen and oxygen atoms in total. The van der Waals surface area contributed by atoms with E-state index >= 15 is 0 Å². The molecule has 1 aromatic carbocycles. The minimum absolute atomic E-state index is 0.00367. The lowest BCUT2D eigenvalue weighted by atomic mass is 9.97. The molecule has 1 aliphatic heterocycles. The zero-order chi connectivity index (χ0) is 26.5. The van der Waals surface area contributed by atoms with E-state index in [2.05, 4.69) is 24.6 Å². The average Bonchev–Trinajstić information content (AvgIpc) is 3.46. The number of piperidine rings is 1. The number of ether oxygens (including phenoxy) is 1. The van der Waals surface area contributed by atoms with Gasteiger partial charge in [-0.05, 0) is 24.4 Å². The number of aromatic nitrogens is 4. The number of fused-ring (bicyclic) bond motifs is 2. The van der Waals surface area contributed by atoms with Crippen molar-refractivity contribution in [2.24, 2.45) is 13.0 Å². The number of hydrogen-bond donors (Lipinski definition) is 0. The smallest absolute Gasteiger partial charge is 0.264 e. The molecule has 0 amide bonds. The Hall–Kier alpha value is -2.27. The van der Waals surface area contributed by atoms with E-state index < -0.39 is 14.2 Å². The monoisotopic (exact) mass is 561 g/mol. The van der Waals surface area contributed by atoms with Gasteiger partial charge in [0.25, 0.3) is 5.56 Å². The minimum Gasteiger partial charge on any atom is -0.361 e. The van der Waals surface area contributed by atoms with Gasteiger partial charge < -0.3 is 14.2 Å². The summed E-state index contributed by atoms with van der Waals surface area (Å²) in [6.07, 6.45) is 1.66. The van der Waals surface area contributed by atoms with Crippen molar-refractivity contribution >= 4 is 58.2 Å². The van der Waals surface area contributed by atoms with E-state index in [9.17, 15) is 9.18 Å². The first-order valence-electron chi connectivity index (χ1n) is 12.6. The van der Waals surface area contributed by atoms with Crippen LogP contribution in [0, 0.1) is 5.92 Å². The van der Waals surface area contributed by atoms with Gasteiger partial charge in [0.05, 0.1) is 32.7 Å². The first-order chi connectivity index (χ1) is 17.5. The third-order valence-corrected chi connectivity index (χ3v) is 10.2. The molecule has 0 unspecified atom stereocenters. The van der Waals surface area contributed by atoms with Crippen LogP contribution in [-0.2, 0) is 18.5 Å². The van der Waals surface area contributed by atoms with E-state index in [0.717, 1.165) is 21.8 Å². The Morgan fingerprint density at radius 3 is 2.78 bits per heavy atom. The van der Waals surface area contributed by atoms with Crippen molar-refractivity contribution in [3.05, 3.63) is 39.2 Å². The molecule has 3 aromatic heterocycles. The lowest BCUT2D eigenvalue weighted by molar-refractivity contribution is 0.0899. The summed E-state index contributed by atoms with van der Waals surface area (Å²) in [4.78, 5) is 25.0. The molecule has 1 aliphatic rings. The van der Waals surface area contributed by atoms with Crippen LogP contribution in [0.15, 0.2) is 28.6 Å². The van der Waals surface area contributed by atoms with Crippen LogP contribution >= 0.6 is 22.9 Å². The van der Waals surface area contributed by atoms with Crippen LogP contribution in [0.3, 0.4) is 0 Å². The molecule has 4 heterocycles. The molecule has 5 rings (SSSR count). The fourth-order valence-corrected chi connectivity index (χ4v) is 6.62. The molecule has 0 bridgehead atoms. The Kier molecular flexibility index (Phi) is 7.21. The van der Waals surface area contributed by atoms with E-state index in [-0.39, 0.29) is 24.8 Å². The van der Waals surface area contributed by atoms with Gasteiger partial charge >= 0.3 is 0 Å². The van der Waals surface area contributed by atoms with Crippen molar-refractivity contribution in [2.45, 2.75) is 51.9 Å². The van der Waals surface area contributed by atoms with E-state index in [0.29, 0.717) is 47.1 Å². The number of benzene rings is 1. The van der Waals surface area contributed by atoms with Gasteiger partial charge in [-0.1, -0.05) is 44.2 Å². The predicted molar refractivity (Wildman–Crippen MR) is 154 cm³/mol. The second kappa shape index (κ2) is 10.1. The summed E-state index contributed by atoms with van der Waals surface area (Å²) in [5, 5.41) is 1.04. The van der Waals surface area contributed by atoms with Crippen molar-refractivity contribution in [1.29, 1.82) is 0 Å². The third kappa shape index (κ3) is 5.08. The molecular weight excluding hydrogens is 529 g/mol. The number of halogens is 2. The van der Waals surface area contributed by atoms with Crippen molar-refractivity contribution in [1.82, 2.24) is 19.1 Å². The number of alkyl halides is 1. The maximum Gasteiger partial charge on any atom is 0.264 e. The summed E-state index contributed by atoms with van der Waals surface area (Å²) in [6.45, 7) is 10.7. The number of rotatable bonds is 7. The quantitative estimate of drug-likeness (QED) is 0.200. The number of hydrogen-bond acceptors (Lipinski definition) is 6. The first kappa shape index (κ1) is 26.3. The van der Waals surface area contributed by atoms with Crippen LogP contribution in [0.4, 0.5) is 10.3 Å². The molecule has 1 fully saturated rings. The van der Waals surface area contributed by atoms with E-state index in [4.69, 9.17) is 21.3 Å².